The maximum absolute atomic E-state index is 6.06. The molecular weight excluding hydrogens is 255 g/mol. The van der Waals surface area contributed by atoms with Crippen molar-refractivity contribution in [2.45, 2.75) is 12.5 Å². The highest BCUT2D eigenvalue weighted by molar-refractivity contribution is 6.30. The predicted octanol–water partition coefficient (Wildman–Crippen LogP) is 2.92. The van der Waals surface area contributed by atoms with Gasteiger partial charge in [0.25, 0.3) is 0 Å². The normalized spacial score (nSPS) is 21.6. The Morgan fingerprint density at radius 1 is 1.41 bits per heavy atom. The van der Waals surface area contributed by atoms with E-state index in [0.29, 0.717) is 6.04 Å². The highest BCUT2D eigenvalue weighted by Crippen LogP contribution is 2.24. The molecule has 1 fully saturated rings. The summed E-state index contributed by atoms with van der Waals surface area (Å²) in [7, 11) is 0. The van der Waals surface area contributed by atoms with Gasteiger partial charge in [-0.05, 0) is 30.7 Å². The topological polar surface area (TPSA) is 15.3 Å². The van der Waals surface area contributed by atoms with Gasteiger partial charge in [-0.15, -0.1) is 11.6 Å². The Labute approximate surface area is 113 Å². The molecule has 0 aliphatic carbocycles. The van der Waals surface area contributed by atoms with E-state index in [0.717, 1.165) is 43.5 Å². The molecular formula is C13H18Cl2N2. The zero-order chi connectivity index (χ0) is 12.1. The van der Waals surface area contributed by atoms with Gasteiger partial charge in [-0.2, -0.15) is 0 Å². The number of nitrogens with zero attached hydrogens (tertiary/aromatic N) is 1. The number of hydrogen-bond donors (Lipinski definition) is 1. The van der Waals surface area contributed by atoms with Crippen molar-refractivity contribution in [3.05, 3.63) is 34.9 Å². The van der Waals surface area contributed by atoms with Gasteiger partial charge in [0, 0.05) is 36.6 Å². The molecule has 1 atom stereocenters. The molecule has 1 aromatic carbocycles. The minimum absolute atomic E-state index is 0.422. The molecule has 0 saturated carbocycles. The summed E-state index contributed by atoms with van der Waals surface area (Å²) >= 11 is 11.8. The lowest BCUT2D eigenvalue weighted by molar-refractivity contribution is 0.163. The Kier molecular flexibility index (Phi) is 5.11. The molecule has 4 heteroatoms. The molecule has 1 aliphatic heterocycles. The second-order valence-corrected chi connectivity index (χ2v) is 5.17. The fourth-order valence-electron chi connectivity index (χ4n) is 2.32. The highest BCUT2D eigenvalue weighted by atomic mass is 35.5. The average molecular weight is 273 g/mol. The van der Waals surface area contributed by atoms with Crippen molar-refractivity contribution >= 4 is 23.2 Å². The lowest BCUT2D eigenvalue weighted by Gasteiger charge is -2.36. The second kappa shape index (κ2) is 6.60. The first kappa shape index (κ1) is 13.2. The Bertz CT molecular complexity index is 357. The molecule has 1 aliphatic rings. The van der Waals surface area contributed by atoms with Crippen LogP contribution in [0.15, 0.2) is 24.3 Å². The molecule has 0 bridgehead atoms. The third-order valence-corrected chi connectivity index (χ3v) is 3.67. The molecule has 2 rings (SSSR count). The molecule has 0 amide bonds. The van der Waals surface area contributed by atoms with Crippen molar-refractivity contribution in [1.29, 1.82) is 0 Å². The van der Waals surface area contributed by atoms with Gasteiger partial charge in [0.15, 0.2) is 0 Å². The second-order valence-electron chi connectivity index (χ2n) is 4.35. The lowest BCUT2D eigenvalue weighted by Crippen LogP contribution is -2.46. The van der Waals surface area contributed by atoms with Crippen LogP contribution in [0.5, 0.6) is 0 Å². The van der Waals surface area contributed by atoms with Gasteiger partial charge in [-0.3, -0.25) is 4.90 Å². The van der Waals surface area contributed by atoms with E-state index < -0.39 is 0 Å². The molecule has 0 radical (unpaired) electrons. The average Bonchev–Trinajstić information content (AvgIpc) is 2.37. The maximum atomic E-state index is 6.06. The third-order valence-electron chi connectivity index (χ3n) is 3.17. The van der Waals surface area contributed by atoms with Crippen molar-refractivity contribution < 1.29 is 0 Å². The summed E-state index contributed by atoms with van der Waals surface area (Å²) < 4.78 is 0. The van der Waals surface area contributed by atoms with E-state index in [1.54, 1.807) is 0 Å². The van der Waals surface area contributed by atoms with Crippen LogP contribution in [0.25, 0.3) is 0 Å². The smallest absolute Gasteiger partial charge is 0.0473 e. The van der Waals surface area contributed by atoms with Gasteiger partial charge in [0.05, 0.1) is 0 Å². The van der Waals surface area contributed by atoms with Crippen molar-refractivity contribution in [3.8, 4) is 0 Å². The number of hydrogen-bond acceptors (Lipinski definition) is 2. The van der Waals surface area contributed by atoms with E-state index in [2.05, 4.69) is 22.3 Å². The molecule has 1 heterocycles. The van der Waals surface area contributed by atoms with Crippen molar-refractivity contribution in [3.63, 3.8) is 0 Å². The minimum atomic E-state index is 0.422. The van der Waals surface area contributed by atoms with E-state index in [4.69, 9.17) is 23.2 Å². The quantitative estimate of drug-likeness (QED) is 0.848. The van der Waals surface area contributed by atoms with E-state index in [1.165, 1.54) is 5.56 Å². The molecule has 1 aromatic rings. The van der Waals surface area contributed by atoms with Crippen LogP contribution < -0.4 is 5.32 Å². The van der Waals surface area contributed by atoms with Crippen LogP contribution in [0.2, 0.25) is 5.02 Å². The first-order valence-corrected chi connectivity index (χ1v) is 6.98. The van der Waals surface area contributed by atoms with Gasteiger partial charge in [0.1, 0.15) is 0 Å². The highest BCUT2D eigenvalue weighted by Gasteiger charge is 2.23. The zero-order valence-corrected chi connectivity index (χ0v) is 11.3. The summed E-state index contributed by atoms with van der Waals surface area (Å²) in [5.41, 5.74) is 1.29. The van der Waals surface area contributed by atoms with Gasteiger partial charge < -0.3 is 5.32 Å². The number of alkyl halides is 1. The Balaban J connectivity index is 2.10. The first-order chi connectivity index (χ1) is 8.31. The molecule has 0 aromatic heterocycles. The minimum Gasteiger partial charge on any atom is -0.314 e. The van der Waals surface area contributed by atoms with Gasteiger partial charge in [-0.25, -0.2) is 0 Å². The first-order valence-electron chi connectivity index (χ1n) is 6.07. The van der Waals surface area contributed by atoms with Crippen molar-refractivity contribution in [2.75, 3.05) is 32.1 Å². The molecule has 2 nitrogen and oxygen atoms in total. The van der Waals surface area contributed by atoms with Crippen LogP contribution >= 0.6 is 23.2 Å². The Hall–Kier alpha value is -0.280. The molecule has 0 spiro atoms. The summed E-state index contributed by atoms with van der Waals surface area (Å²) in [4.78, 5) is 2.49. The summed E-state index contributed by atoms with van der Waals surface area (Å²) in [5.74, 6) is 0.728. The Morgan fingerprint density at radius 3 is 3.06 bits per heavy atom. The van der Waals surface area contributed by atoms with E-state index in [9.17, 15) is 0 Å². The molecule has 1 unspecified atom stereocenters. The van der Waals surface area contributed by atoms with Crippen molar-refractivity contribution in [1.82, 2.24) is 10.2 Å². The standard InChI is InChI=1S/C13H18Cl2N2/c14-5-2-7-17-8-6-16-10-13(17)11-3-1-4-12(15)9-11/h1,3-4,9,13,16H,2,5-8,10H2. The fourth-order valence-corrected chi connectivity index (χ4v) is 2.64. The van der Waals surface area contributed by atoms with Gasteiger partial charge in [-0.1, -0.05) is 23.7 Å². The van der Waals surface area contributed by atoms with Gasteiger partial charge in [0.2, 0.25) is 0 Å². The van der Waals surface area contributed by atoms with Crippen molar-refractivity contribution in [2.24, 2.45) is 0 Å². The van der Waals surface area contributed by atoms with E-state index in [1.807, 2.05) is 12.1 Å². The molecule has 1 saturated heterocycles. The zero-order valence-electron chi connectivity index (χ0n) is 9.83. The monoisotopic (exact) mass is 272 g/mol. The number of rotatable bonds is 4. The van der Waals surface area contributed by atoms with Crippen LogP contribution in [0.1, 0.15) is 18.0 Å². The number of nitrogens with one attached hydrogen (secondary N) is 1. The van der Waals surface area contributed by atoms with Gasteiger partial charge >= 0.3 is 0 Å². The summed E-state index contributed by atoms with van der Waals surface area (Å²) in [6.45, 7) is 4.18. The number of piperazine rings is 1. The van der Waals surface area contributed by atoms with E-state index >= 15 is 0 Å². The molecule has 94 valence electrons. The van der Waals surface area contributed by atoms with Crippen LogP contribution in [0.3, 0.4) is 0 Å². The Morgan fingerprint density at radius 2 is 2.29 bits per heavy atom. The summed E-state index contributed by atoms with van der Waals surface area (Å²) in [6.07, 6.45) is 1.04. The SMILES string of the molecule is ClCCCN1CCNCC1c1cccc(Cl)c1. The van der Waals surface area contributed by atoms with E-state index in [-0.39, 0.29) is 0 Å². The summed E-state index contributed by atoms with van der Waals surface area (Å²) in [6, 6.07) is 8.58. The van der Waals surface area contributed by atoms with Crippen LogP contribution in [0, 0.1) is 0 Å². The lowest BCUT2D eigenvalue weighted by atomic mass is 10.0. The predicted molar refractivity (Wildman–Crippen MR) is 74.0 cm³/mol. The van der Waals surface area contributed by atoms with Crippen LogP contribution in [0.4, 0.5) is 0 Å². The van der Waals surface area contributed by atoms with Crippen LogP contribution in [-0.4, -0.2) is 37.0 Å². The number of benzene rings is 1. The largest absolute Gasteiger partial charge is 0.314 e. The fraction of sp³-hybridized carbons (Fsp3) is 0.538. The third kappa shape index (κ3) is 3.59. The van der Waals surface area contributed by atoms with Crippen LogP contribution in [-0.2, 0) is 0 Å². The summed E-state index contributed by atoms with van der Waals surface area (Å²) in [5, 5.41) is 4.25. The molecule has 1 N–H and O–H groups in total. The number of halogens is 2. The maximum Gasteiger partial charge on any atom is 0.0473 e. The molecule has 17 heavy (non-hydrogen) atoms.